The number of aromatic nitrogens is 1. The molecule has 1 heterocycles. The summed E-state index contributed by atoms with van der Waals surface area (Å²) in [6, 6.07) is 0. The summed E-state index contributed by atoms with van der Waals surface area (Å²) in [6.07, 6.45) is 8.83. The highest BCUT2D eigenvalue weighted by molar-refractivity contribution is 5.76. The van der Waals surface area contributed by atoms with Gasteiger partial charge in [-0.3, -0.25) is 4.79 Å². The van der Waals surface area contributed by atoms with E-state index in [1.54, 1.807) is 0 Å². The molecule has 0 atom stereocenters. The van der Waals surface area contributed by atoms with Crippen molar-refractivity contribution in [3.05, 3.63) is 17.0 Å². The van der Waals surface area contributed by atoms with Crippen molar-refractivity contribution in [2.24, 2.45) is 0 Å². The van der Waals surface area contributed by atoms with E-state index in [9.17, 15) is 4.79 Å². The molecule has 0 aliphatic heterocycles. The molecule has 1 fully saturated rings. The van der Waals surface area contributed by atoms with Gasteiger partial charge in [-0.05, 0) is 39.5 Å². The first-order valence-corrected chi connectivity index (χ1v) is 8.47. The van der Waals surface area contributed by atoms with Crippen LogP contribution in [0.1, 0.15) is 62.0 Å². The zero-order valence-corrected chi connectivity index (χ0v) is 13.8. The molecule has 1 N–H and O–H groups in total. The van der Waals surface area contributed by atoms with Gasteiger partial charge in [0.05, 0.1) is 11.8 Å². The molecule has 0 spiro atoms. The predicted molar refractivity (Wildman–Crippen MR) is 84.7 cm³/mol. The van der Waals surface area contributed by atoms with Crippen molar-refractivity contribution in [2.75, 3.05) is 13.2 Å². The SMILES string of the molecule is Cc1noc(C)c1CCC(=O)NCCCOC1CCCCC1. The summed E-state index contributed by atoms with van der Waals surface area (Å²) in [4.78, 5) is 11.8. The summed E-state index contributed by atoms with van der Waals surface area (Å²) < 4.78 is 10.9. The summed E-state index contributed by atoms with van der Waals surface area (Å²) in [5, 5.41) is 6.85. The summed E-state index contributed by atoms with van der Waals surface area (Å²) in [7, 11) is 0. The Hall–Kier alpha value is -1.36. The van der Waals surface area contributed by atoms with Gasteiger partial charge in [-0.15, -0.1) is 0 Å². The van der Waals surface area contributed by atoms with Crippen LogP contribution >= 0.6 is 0 Å². The summed E-state index contributed by atoms with van der Waals surface area (Å²) >= 11 is 0. The maximum atomic E-state index is 11.8. The van der Waals surface area contributed by atoms with Crippen molar-refractivity contribution in [3.63, 3.8) is 0 Å². The molecule has 0 aromatic carbocycles. The highest BCUT2D eigenvalue weighted by atomic mass is 16.5. The van der Waals surface area contributed by atoms with Crippen LogP contribution in [0.25, 0.3) is 0 Å². The van der Waals surface area contributed by atoms with Gasteiger partial charge in [0.25, 0.3) is 0 Å². The van der Waals surface area contributed by atoms with Crippen LogP contribution in [-0.4, -0.2) is 30.3 Å². The van der Waals surface area contributed by atoms with Crippen molar-refractivity contribution in [1.82, 2.24) is 10.5 Å². The zero-order chi connectivity index (χ0) is 15.8. The number of aryl methyl sites for hydroxylation is 2. The fraction of sp³-hybridized carbons (Fsp3) is 0.765. The van der Waals surface area contributed by atoms with E-state index in [1.807, 2.05) is 13.8 Å². The van der Waals surface area contributed by atoms with E-state index in [1.165, 1.54) is 32.1 Å². The van der Waals surface area contributed by atoms with Crippen molar-refractivity contribution >= 4 is 5.91 Å². The Bertz CT molecular complexity index is 445. The van der Waals surface area contributed by atoms with Crippen molar-refractivity contribution in [2.45, 2.75) is 71.3 Å². The molecule has 1 aliphatic carbocycles. The molecular weight excluding hydrogens is 280 g/mol. The number of hydrogen-bond acceptors (Lipinski definition) is 4. The molecule has 0 unspecified atom stereocenters. The second-order valence-electron chi connectivity index (χ2n) is 6.14. The normalized spacial score (nSPS) is 15.9. The van der Waals surface area contributed by atoms with E-state index >= 15 is 0 Å². The Morgan fingerprint density at radius 3 is 2.77 bits per heavy atom. The molecule has 1 aromatic heterocycles. The molecule has 0 saturated heterocycles. The Balaban J connectivity index is 1.52. The van der Waals surface area contributed by atoms with Gasteiger partial charge in [-0.1, -0.05) is 24.4 Å². The van der Waals surface area contributed by atoms with Gasteiger partial charge >= 0.3 is 0 Å². The second-order valence-corrected chi connectivity index (χ2v) is 6.14. The van der Waals surface area contributed by atoms with Crippen LogP contribution in [-0.2, 0) is 16.0 Å². The minimum Gasteiger partial charge on any atom is -0.378 e. The lowest BCUT2D eigenvalue weighted by Gasteiger charge is -2.21. The molecule has 1 aliphatic rings. The van der Waals surface area contributed by atoms with Crippen LogP contribution in [0.5, 0.6) is 0 Å². The summed E-state index contributed by atoms with van der Waals surface area (Å²) in [6.45, 7) is 5.23. The Kier molecular flexibility index (Phi) is 6.90. The van der Waals surface area contributed by atoms with Crippen LogP contribution in [0, 0.1) is 13.8 Å². The molecule has 5 heteroatoms. The molecule has 124 valence electrons. The van der Waals surface area contributed by atoms with Gasteiger partial charge in [0.1, 0.15) is 5.76 Å². The third-order valence-electron chi connectivity index (χ3n) is 4.33. The van der Waals surface area contributed by atoms with Crippen molar-refractivity contribution in [1.29, 1.82) is 0 Å². The van der Waals surface area contributed by atoms with Crippen LogP contribution in [0.4, 0.5) is 0 Å². The quantitative estimate of drug-likeness (QED) is 0.750. The number of rotatable bonds is 8. The van der Waals surface area contributed by atoms with E-state index in [-0.39, 0.29) is 5.91 Å². The zero-order valence-electron chi connectivity index (χ0n) is 13.8. The van der Waals surface area contributed by atoms with Crippen LogP contribution < -0.4 is 5.32 Å². The van der Waals surface area contributed by atoms with Gasteiger partial charge in [0, 0.05) is 25.1 Å². The monoisotopic (exact) mass is 308 g/mol. The van der Waals surface area contributed by atoms with Crippen molar-refractivity contribution in [3.8, 4) is 0 Å². The smallest absolute Gasteiger partial charge is 0.220 e. The standard InChI is InChI=1S/C17H28N2O3/c1-13-16(14(2)22-19-13)9-10-17(20)18-11-6-12-21-15-7-4-3-5-8-15/h15H,3-12H2,1-2H3,(H,18,20). The molecule has 2 rings (SSSR count). The fourth-order valence-electron chi connectivity index (χ4n) is 2.97. The number of hydrogen-bond donors (Lipinski definition) is 1. The van der Waals surface area contributed by atoms with Crippen LogP contribution in [0.2, 0.25) is 0 Å². The van der Waals surface area contributed by atoms with E-state index < -0.39 is 0 Å². The third-order valence-corrected chi connectivity index (χ3v) is 4.33. The van der Waals surface area contributed by atoms with E-state index in [4.69, 9.17) is 9.26 Å². The molecule has 5 nitrogen and oxygen atoms in total. The fourth-order valence-corrected chi connectivity index (χ4v) is 2.97. The van der Waals surface area contributed by atoms with E-state index in [0.29, 0.717) is 25.5 Å². The topological polar surface area (TPSA) is 64.4 Å². The van der Waals surface area contributed by atoms with Gasteiger partial charge in [-0.25, -0.2) is 0 Å². The number of amides is 1. The van der Waals surface area contributed by atoms with Crippen LogP contribution in [0.3, 0.4) is 0 Å². The summed E-state index contributed by atoms with van der Waals surface area (Å²) in [5.41, 5.74) is 1.93. The molecular formula is C17H28N2O3. The number of carbonyl (C=O) groups excluding carboxylic acids is 1. The first-order chi connectivity index (χ1) is 10.7. The highest BCUT2D eigenvalue weighted by Gasteiger charge is 2.13. The number of carbonyl (C=O) groups is 1. The first kappa shape index (κ1) is 17.0. The molecule has 1 amide bonds. The average molecular weight is 308 g/mol. The molecule has 0 radical (unpaired) electrons. The predicted octanol–water partition coefficient (Wildman–Crippen LogP) is 3.08. The first-order valence-electron chi connectivity index (χ1n) is 8.47. The molecule has 1 saturated carbocycles. The average Bonchev–Trinajstić information content (AvgIpc) is 2.84. The summed E-state index contributed by atoms with van der Waals surface area (Å²) in [5.74, 6) is 0.892. The van der Waals surface area contributed by atoms with E-state index in [2.05, 4.69) is 10.5 Å². The highest BCUT2D eigenvalue weighted by Crippen LogP contribution is 2.20. The number of nitrogens with one attached hydrogen (secondary N) is 1. The van der Waals surface area contributed by atoms with Crippen molar-refractivity contribution < 1.29 is 14.1 Å². The third kappa shape index (κ3) is 5.44. The minimum absolute atomic E-state index is 0.0812. The Morgan fingerprint density at radius 1 is 1.32 bits per heavy atom. The molecule has 22 heavy (non-hydrogen) atoms. The Morgan fingerprint density at radius 2 is 2.09 bits per heavy atom. The maximum absolute atomic E-state index is 11.8. The molecule has 0 bridgehead atoms. The van der Waals surface area contributed by atoms with Gasteiger partial charge in [0.2, 0.25) is 5.91 Å². The largest absolute Gasteiger partial charge is 0.378 e. The maximum Gasteiger partial charge on any atom is 0.220 e. The molecule has 1 aromatic rings. The minimum atomic E-state index is 0.0812. The Labute approximate surface area is 132 Å². The lowest BCUT2D eigenvalue weighted by molar-refractivity contribution is -0.121. The number of nitrogens with zero attached hydrogens (tertiary/aromatic N) is 1. The lowest BCUT2D eigenvalue weighted by atomic mass is 9.98. The van der Waals surface area contributed by atoms with Crippen LogP contribution in [0.15, 0.2) is 4.52 Å². The number of ether oxygens (including phenoxy) is 1. The van der Waals surface area contributed by atoms with Gasteiger partial charge in [0.15, 0.2) is 0 Å². The lowest BCUT2D eigenvalue weighted by Crippen LogP contribution is -2.26. The van der Waals surface area contributed by atoms with Gasteiger partial charge in [-0.2, -0.15) is 0 Å². The van der Waals surface area contributed by atoms with Gasteiger partial charge < -0.3 is 14.6 Å². The second kappa shape index (κ2) is 8.93. The van der Waals surface area contributed by atoms with E-state index in [0.717, 1.165) is 30.0 Å².